The van der Waals surface area contributed by atoms with Crippen molar-refractivity contribution in [3.8, 4) is 0 Å². The molecule has 1 saturated heterocycles. The molecule has 5 heteroatoms. The number of nitrogens with zero attached hydrogens (tertiary/aromatic N) is 1. The lowest BCUT2D eigenvalue weighted by atomic mass is 9.96. The van der Waals surface area contributed by atoms with Crippen molar-refractivity contribution in [2.24, 2.45) is 5.92 Å². The van der Waals surface area contributed by atoms with Gasteiger partial charge in [-0.3, -0.25) is 4.31 Å². The minimum atomic E-state index is -3.22. The van der Waals surface area contributed by atoms with Crippen LogP contribution >= 0.6 is 0 Å². The highest BCUT2D eigenvalue weighted by Gasteiger charge is 2.22. The molecular weight excluding hydrogens is 272 g/mol. The van der Waals surface area contributed by atoms with Crippen LogP contribution in [0.15, 0.2) is 24.3 Å². The zero-order valence-electron chi connectivity index (χ0n) is 12.3. The highest BCUT2D eigenvalue weighted by Crippen LogP contribution is 2.23. The van der Waals surface area contributed by atoms with Gasteiger partial charge in [-0.2, -0.15) is 0 Å². The normalized spacial score (nSPS) is 17.1. The zero-order valence-corrected chi connectivity index (χ0v) is 13.1. The molecule has 1 heterocycles. The molecule has 4 nitrogen and oxygen atoms in total. The third-order valence-corrected chi connectivity index (χ3v) is 5.90. The molecule has 1 aliphatic heterocycles. The summed E-state index contributed by atoms with van der Waals surface area (Å²) in [5.41, 5.74) is 1.76. The topological polar surface area (TPSA) is 49.4 Å². The summed E-state index contributed by atoms with van der Waals surface area (Å²) in [5.74, 6) is 0.777. The average Bonchev–Trinajstić information content (AvgIpc) is 2.46. The molecular formula is C15H24N2O2S. The molecule has 0 aromatic heterocycles. The van der Waals surface area contributed by atoms with Gasteiger partial charge in [0.25, 0.3) is 0 Å². The molecule has 2 rings (SSSR count). The second-order valence-electron chi connectivity index (χ2n) is 5.55. The van der Waals surface area contributed by atoms with Gasteiger partial charge in [0.2, 0.25) is 10.0 Å². The molecule has 1 aliphatic rings. The first-order valence-corrected chi connectivity index (χ1v) is 8.84. The van der Waals surface area contributed by atoms with Crippen molar-refractivity contribution in [1.82, 2.24) is 5.32 Å². The van der Waals surface area contributed by atoms with Crippen LogP contribution in [-0.4, -0.2) is 34.3 Å². The molecule has 1 aromatic rings. The van der Waals surface area contributed by atoms with Gasteiger partial charge in [-0.25, -0.2) is 8.42 Å². The summed E-state index contributed by atoms with van der Waals surface area (Å²) in [7, 11) is -1.57. The number of para-hydroxylation sites is 1. The molecule has 112 valence electrons. The van der Waals surface area contributed by atoms with E-state index in [1.807, 2.05) is 31.2 Å². The van der Waals surface area contributed by atoms with E-state index in [9.17, 15) is 8.42 Å². The summed E-state index contributed by atoms with van der Waals surface area (Å²) in [6.07, 6.45) is 2.94. The van der Waals surface area contributed by atoms with Crippen molar-refractivity contribution >= 4 is 15.7 Å². The SMILES string of the molecule is Cc1ccccc1N(C)S(=O)(=O)CCC1CCNCC1. The summed E-state index contributed by atoms with van der Waals surface area (Å²) >= 11 is 0. The van der Waals surface area contributed by atoms with E-state index >= 15 is 0 Å². The summed E-state index contributed by atoms with van der Waals surface area (Å²) in [4.78, 5) is 0. The van der Waals surface area contributed by atoms with Crippen molar-refractivity contribution in [2.45, 2.75) is 26.2 Å². The third-order valence-electron chi connectivity index (χ3n) is 4.11. The second-order valence-corrected chi connectivity index (χ2v) is 7.67. The fourth-order valence-corrected chi connectivity index (χ4v) is 4.10. The third kappa shape index (κ3) is 3.73. The first-order chi connectivity index (χ1) is 9.50. The Labute approximate surface area is 122 Å². The number of aryl methyl sites for hydroxylation is 1. The Bertz CT molecular complexity index is 537. The Kier molecular flexibility index (Phi) is 5.05. The largest absolute Gasteiger partial charge is 0.317 e. The molecule has 1 N–H and O–H groups in total. The molecule has 0 atom stereocenters. The monoisotopic (exact) mass is 296 g/mol. The molecule has 0 spiro atoms. The summed E-state index contributed by atoms with van der Waals surface area (Å²) in [5, 5.41) is 3.31. The van der Waals surface area contributed by atoms with Gasteiger partial charge in [0.1, 0.15) is 0 Å². The second kappa shape index (κ2) is 6.59. The van der Waals surface area contributed by atoms with Crippen LogP contribution in [0.1, 0.15) is 24.8 Å². The van der Waals surface area contributed by atoms with Crippen LogP contribution in [0.25, 0.3) is 0 Å². The van der Waals surface area contributed by atoms with E-state index in [1.54, 1.807) is 7.05 Å². The molecule has 0 unspecified atom stereocenters. The number of sulfonamides is 1. The molecule has 0 amide bonds. The van der Waals surface area contributed by atoms with Crippen LogP contribution in [-0.2, 0) is 10.0 Å². The lowest BCUT2D eigenvalue weighted by Gasteiger charge is -2.25. The lowest BCUT2D eigenvalue weighted by Crippen LogP contribution is -2.33. The highest BCUT2D eigenvalue weighted by molar-refractivity contribution is 7.92. The van der Waals surface area contributed by atoms with Crippen molar-refractivity contribution in [3.63, 3.8) is 0 Å². The van der Waals surface area contributed by atoms with Gasteiger partial charge in [0.15, 0.2) is 0 Å². The van der Waals surface area contributed by atoms with Crippen LogP contribution in [0.5, 0.6) is 0 Å². The molecule has 1 aromatic carbocycles. The first-order valence-electron chi connectivity index (χ1n) is 7.23. The minimum absolute atomic E-state index is 0.239. The number of hydrogen-bond acceptors (Lipinski definition) is 3. The predicted molar refractivity (Wildman–Crippen MR) is 83.6 cm³/mol. The van der Waals surface area contributed by atoms with Crippen LogP contribution < -0.4 is 9.62 Å². The van der Waals surface area contributed by atoms with Gasteiger partial charge < -0.3 is 5.32 Å². The Morgan fingerprint density at radius 2 is 1.90 bits per heavy atom. The molecule has 0 radical (unpaired) electrons. The van der Waals surface area contributed by atoms with Gasteiger partial charge in [-0.15, -0.1) is 0 Å². The van der Waals surface area contributed by atoms with Crippen LogP contribution in [0.2, 0.25) is 0 Å². The Hall–Kier alpha value is -1.07. The van der Waals surface area contributed by atoms with E-state index in [2.05, 4.69) is 5.32 Å². The number of piperidine rings is 1. The van der Waals surface area contributed by atoms with Crippen LogP contribution in [0.4, 0.5) is 5.69 Å². The average molecular weight is 296 g/mol. The standard InChI is InChI=1S/C15H24N2O2S/c1-13-5-3-4-6-15(13)17(2)20(18,19)12-9-14-7-10-16-11-8-14/h3-6,14,16H,7-12H2,1-2H3. The predicted octanol–water partition coefficient (Wildman–Crippen LogP) is 2.15. The zero-order chi connectivity index (χ0) is 14.6. The molecule has 0 saturated carbocycles. The van der Waals surface area contributed by atoms with Crippen LogP contribution in [0, 0.1) is 12.8 Å². The smallest absolute Gasteiger partial charge is 0.234 e. The van der Waals surface area contributed by atoms with Crippen molar-refractivity contribution < 1.29 is 8.42 Å². The van der Waals surface area contributed by atoms with Crippen molar-refractivity contribution in [2.75, 3.05) is 30.2 Å². The van der Waals surface area contributed by atoms with E-state index < -0.39 is 10.0 Å². The Morgan fingerprint density at radius 3 is 2.55 bits per heavy atom. The summed E-state index contributed by atoms with van der Waals surface area (Å²) < 4.78 is 26.3. The van der Waals surface area contributed by atoms with E-state index in [0.29, 0.717) is 5.92 Å². The maximum Gasteiger partial charge on any atom is 0.234 e. The maximum atomic E-state index is 12.4. The number of anilines is 1. The van der Waals surface area contributed by atoms with Gasteiger partial charge >= 0.3 is 0 Å². The number of nitrogens with one attached hydrogen (secondary N) is 1. The molecule has 0 bridgehead atoms. The number of hydrogen-bond donors (Lipinski definition) is 1. The fourth-order valence-electron chi connectivity index (χ4n) is 2.69. The summed E-state index contributed by atoms with van der Waals surface area (Å²) in [6, 6.07) is 7.60. The van der Waals surface area contributed by atoms with E-state index in [-0.39, 0.29) is 5.75 Å². The highest BCUT2D eigenvalue weighted by atomic mass is 32.2. The van der Waals surface area contributed by atoms with Gasteiger partial charge in [-0.05, 0) is 56.8 Å². The maximum absolute atomic E-state index is 12.4. The molecule has 1 fully saturated rings. The van der Waals surface area contributed by atoms with Gasteiger partial charge in [-0.1, -0.05) is 18.2 Å². The van der Waals surface area contributed by atoms with E-state index in [1.165, 1.54) is 4.31 Å². The van der Waals surface area contributed by atoms with Crippen LogP contribution in [0.3, 0.4) is 0 Å². The quantitative estimate of drug-likeness (QED) is 0.906. The van der Waals surface area contributed by atoms with Crippen molar-refractivity contribution in [3.05, 3.63) is 29.8 Å². The molecule has 20 heavy (non-hydrogen) atoms. The van der Waals surface area contributed by atoms with E-state index in [0.717, 1.165) is 43.6 Å². The summed E-state index contributed by atoms with van der Waals surface area (Å²) in [6.45, 7) is 3.96. The van der Waals surface area contributed by atoms with Gasteiger partial charge in [0, 0.05) is 7.05 Å². The fraction of sp³-hybridized carbons (Fsp3) is 0.600. The minimum Gasteiger partial charge on any atom is -0.317 e. The van der Waals surface area contributed by atoms with Gasteiger partial charge in [0.05, 0.1) is 11.4 Å². The number of rotatable bonds is 5. The Balaban J connectivity index is 2.00. The first kappa shape index (κ1) is 15.3. The van der Waals surface area contributed by atoms with Crippen molar-refractivity contribution in [1.29, 1.82) is 0 Å². The number of benzene rings is 1. The van der Waals surface area contributed by atoms with E-state index in [4.69, 9.17) is 0 Å². The lowest BCUT2D eigenvalue weighted by molar-refractivity contribution is 0.365. The molecule has 0 aliphatic carbocycles. The Morgan fingerprint density at radius 1 is 1.25 bits per heavy atom.